The molecule has 0 saturated carbocycles. The zero-order chi connectivity index (χ0) is 15.2. The van der Waals surface area contributed by atoms with Gasteiger partial charge in [-0.05, 0) is 19.1 Å². The summed E-state index contributed by atoms with van der Waals surface area (Å²) in [5.74, 6) is -2.07. The third kappa shape index (κ3) is 4.57. The summed E-state index contributed by atoms with van der Waals surface area (Å²) in [7, 11) is 0. The molecule has 0 spiro atoms. The largest absolute Gasteiger partial charge is 0.320 e. The number of aryl methyl sites for hydroxylation is 1. The van der Waals surface area contributed by atoms with Crippen LogP contribution in [-0.4, -0.2) is 24.0 Å². The highest BCUT2D eigenvalue weighted by Gasteiger charge is 2.11. The first-order valence-corrected chi connectivity index (χ1v) is 7.30. The summed E-state index contributed by atoms with van der Waals surface area (Å²) in [6, 6.07) is 3.43. The molecule has 0 saturated heterocycles. The number of benzene rings is 1. The number of para-hydroxylation sites is 1. The molecule has 112 valence electrons. The zero-order valence-corrected chi connectivity index (χ0v) is 12.3. The van der Waals surface area contributed by atoms with Gasteiger partial charge in [0.2, 0.25) is 5.91 Å². The van der Waals surface area contributed by atoms with Crippen LogP contribution in [0.1, 0.15) is 10.7 Å². The maximum atomic E-state index is 13.3. The van der Waals surface area contributed by atoms with E-state index in [-0.39, 0.29) is 6.54 Å². The zero-order valence-electron chi connectivity index (χ0n) is 11.5. The van der Waals surface area contributed by atoms with E-state index < -0.39 is 23.2 Å². The molecule has 21 heavy (non-hydrogen) atoms. The second kappa shape index (κ2) is 7.24. The summed E-state index contributed by atoms with van der Waals surface area (Å²) >= 11 is 1.57. The molecule has 2 N–H and O–H groups in total. The molecule has 0 radical (unpaired) electrons. The Morgan fingerprint density at radius 2 is 2.05 bits per heavy atom. The van der Waals surface area contributed by atoms with Crippen LogP contribution in [-0.2, 0) is 11.2 Å². The Labute approximate surface area is 125 Å². The van der Waals surface area contributed by atoms with Crippen molar-refractivity contribution in [3.8, 4) is 0 Å². The van der Waals surface area contributed by atoms with Gasteiger partial charge in [0, 0.05) is 18.3 Å². The lowest BCUT2D eigenvalue weighted by molar-refractivity contribution is -0.115. The van der Waals surface area contributed by atoms with E-state index in [1.165, 1.54) is 6.07 Å². The summed E-state index contributed by atoms with van der Waals surface area (Å²) in [5, 5.41) is 8.09. The number of carbonyl (C=O) groups is 1. The van der Waals surface area contributed by atoms with Crippen LogP contribution in [0.15, 0.2) is 23.6 Å². The molecule has 0 aliphatic rings. The van der Waals surface area contributed by atoms with Crippen molar-refractivity contribution in [1.82, 2.24) is 10.3 Å². The van der Waals surface area contributed by atoms with E-state index in [1.54, 1.807) is 11.3 Å². The van der Waals surface area contributed by atoms with Gasteiger partial charge in [-0.2, -0.15) is 0 Å². The third-order valence-electron chi connectivity index (χ3n) is 2.74. The SMILES string of the molecule is Cc1nc(CCNCC(=O)Nc2c(F)cccc2F)cs1. The van der Waals surface area contributed by atoms with Crippen LogP contribution in [0.25, 0.3) is 0 Å². The molecule has 2 aromatic rings. The van der Waals surface area contributed by atoms with Crippen LogP contribution in [0.2, 0.25) is 0 Å². The van der Waals surface area contributed by atoms with Gasteiger partial charge in [-0.15, -0.1) is 11.3 Å². The number of thiazole rings is 1. The molecule has 1 aromatic heterocycles. The molecule has 4 nitrogen and oxygen atoms in total. The number of nitrogens with one attached hydrogen (secondary N) is 2. The summed E-state index contributed by atoms with van der Waals surface area (Å²) in [6.45, 7) is 2.48. The molecular weight excluding hydrogens is 296 g/mol. The van der Waals surface area contributed by atoms with E-state index in [2.05, 4.69) is 15.6 Å². The Kier molecular flexibility index (Phi) is 5.35. The molecule has 2 rings (SSSR count). The number of anilines is 1. The van der Waals surface area contributed by atoms with Crippen molar-refractivity contribution >= 4 is 22.9 Å². The molecule has 7 heteroatoms. The average molecular weight is 311 g/mol. The molecule has 0 bridgehead atoms. The highest BCUT2D eigenvalue weighted by atomic mass is 32.1. The predicted molar refractivity (Wildman–Crippen MR) is 78.4 cm³/mol. The van der Waals surface area contributed by atoms with Gasteiger partial charge in [-0.1, -0.05) is 6.07 Å². The van der Waals surface area contributed by atoms with Crippen molar-refractivity contribution in [3.63, 3.8) is 0 Å². The second-order valence-electron chi connectivity index (χ2n) is 4.43. The lowest BCUT2D eigenvalue weighted by Gasteiger charge is -2.08. The van der Waals surface area contributed by atoms with Gasteiger partial charge in [0.25, 0.3) is 0 Å². The van der Waals surface area contributed by atoms with E-state index >= 15 is 0 Å². The lowest BCUT2D eigenvalue weighted by Crippen LogP contribution is -2.30. The highest BCUT2D eigenvalue weighted by molar-refractivity contribution is 7.09. The van der Waals surface area contributed by atoms with E-state index in [4.69, 9.17) is 0 Å². The molecule has 0 atom stereocenters. The predicted octanol–water partition coefficient (Wildman–Crippen LogP) is 2.50. The summed E-state index contributed by atoms with van der Waals surface area (Å²) in [5.41, 5.74) is 0.546. The van der Waals surface area contributed by atoms with Gasteiger partial charge in [0.15, 0.2) is 0 Å². The molecule has 1 amide bonds. The van der Waals surface area contributed by atoms with Crippen LogP contribution in [0.5, 0.6) is 0 Å². The standard InChI is InChI=1S/C14H15F2N3OS/c1-9-18-10(8-21-9)5-6-17-7-13(20)19-14-11(15)3-2-4-12(14)16/h2-4,8,17H,5-7H2,1H3,(H,19,20). The Hall–Kier alpha value is -1.86. The van der Waals surface area contributed by atoms with Crippen molar-refractivity contribution in [3.05, 3.63) is 45.9 Å². The van der Waals surface area contributed by atoms with Gasteiger partial charge >= 0.3 is 0 Å². The Morgan fingerprint density at radius 1 is 1.33 bits per heavy atom. The number of amides is 1. The fourth-order valence-corrected chi connectivity index (χ4v) is 2.39. The Bertz CT molecular complexity index is 610. The van der Waals surface area contributed by atoms with Crippen molar-refractivity contribution in [2.75, 3.05) is 18.4 Å². The van der Waals surface area contributed by atoms with Crippen LogP contribution in [0.3, 0.4) is 0 Å². The van der Waals surface area contributed by atoms with Gasteiger partial charge in [-0.3, -0.25) is 4.79 Å². The van der Waals surface area contributed by atoms with E-state index in [9.17, 15) is 13.6 Å². The Morgan fingerprint density at radius 3 is 2.67 bits per heavy atom. The summed E-state index contributed by atoms with van der Waals surface area (Å²) in [4.78, 5) is 15.9. The first-order chi connectivity index (χ1) is 10.1. The smallest absolute Gasteiger partial charge is 0.238 e. The summed E-state index contributed by atoms with van der Waals surface area (Å²) < 4.78 is 26.7. The Balaban J connectivity index is 1.75. The van der Waals surface area contributed by atoms with Crippen molar-refractivity contribution < 1.29 is 13.6 Å². The van der Waals surface area contributed by atoms with Crippen molar-refractivity contribution in [1.29, 1.82) is 0 Å². The number of halogens is 2. The van der Waals surface area contributed by atoms with E-state index in [0.717, 1.165) is 22.8 Å². The summed E-state index contributed by atoms with van der Waals surface area (Å²) in [6.07, 6.45) is 0.700. The number of aromatic nitrogens is 1. The number of hydrogen-bond donors (Lipinski definition) is 2. The number of rotatable bonds is 6. The minimum atomic E-state index is -0.790. The second-order valence-corrected chi connectivity index (χ2v) is 5.49. The van der Waals surface area contributed by atoms with Gasteiger partial charge in [0.05, 0.1) is 17.2 Å². The molecule has 0 fully saturated rings. The maximum absolute atomic E-state index is 13.3. The highest BCUT2D eigenvalue weighted by Crippen LogP contribution is 2.17. The number of hydrogen-bond acceptors (Lipinski definition) is 4. The number of nitrogens with zero attached hydrogens (tertiary/aromatic N) is 1. The molecule has 1 heterocycles. The van der Waals surface area contributed by atoms with Crippen LogP contribution in [0, 0.1) is 18.6 Å². The third-order valence-corrected chi connectivity index (χ3v) is 3.56. The quantitative estimate of drug-likeness (QED) is 0.806. The van der Waals surface area contributed by atoms with E-state index in [1.807, 2.05) is 12.3 Å². The molecule has 0 unspecified atom stereocenters. The molecule has 1 aromatic carbocycles. The lowest BCUT2D eigenvalue weighted by atomic mass is 10.3. The molecule has 0 aliphatic carbocycles. The van der Waals surface area contributed by atoms with Gasteiger partial charge in [-0.25, -0.2) is 13.8 Å². The monoisotopic (exact) mass is 311 g/mol. The van der Waals surface area contributed by atoms with Crippen LogP contribution >= 0.6 is 11.3 Å². The average Bonchev–Trinajstić information content (AvgIpc) is 2.85. The minimum absolute atomic E-state index is 0.0170. The first kappa shape index (κ1) is 15.5. The van der Waals surface area contributed by atoms with Gasteiger partial charge < -0.3 is 10.6 Å². The minimum Gasteiger partial charge on any atom is -0.320 e. The van der Waals surface area contributed by atoms with E-state index in [0.29, 0.717) is 13.0 Å². The fourth-order valence-electron chi connectivity index (χ4n) is 1.74. The van der Waals surface area contributed by atoms with Gasteiger partial charge in [0.1, 0.15) is 17.3 Å². The number of carbonyl (C=O) groups excluding carboxylic acids is 1. The molecule has 0 aliphatic heterocycles. The topological polar surface area (TPSA) is 54.0 Å². The van der Waals surface area contributed by atoms with Crippen LogP contribution in [0.4, 0.5) is 14.5 Å². The fraction of sp³-hybridized carbons (Fsp3) is 0.286. The molecular formula is C14H15F2N3OS. The van der Waals surface area contributed by atoms with Crippen molar-refractivity contribution in [2.45, 2.75) is 13.3 Å². The maximum Gasteiger partial charge on any atom is 0.238 e. The van der Waals surface area contributed by atoms with Crippen molar-refractivity contribution in [2.24, 2.45) is 0 Å². The van der Waals surface area contributed by atoms with Crippen LogP contribution < -0.4 is 10.6 Å². The first-order valence-electron chi connectivity index (χ1n) is 6.42. The normalized spacial score (nSPS) is 10.6.